The Morgan fingerprint density at radius 1 is 1.24 bits per heavy atom. The van der Waals surface area contributed by atoms with Gasteiger partial charge in [-0.15, -0.1) is 0 Å². The molecule has 1 aromatic heterocycles. The van der Waals surface area contributed by atoms with Crippen LogP contribution in [-0.4, -0.2) is 21.5 Å². The van der Waals surface area contributed by atoms with E-state index in [1.807, 2.05) is 0 Å². The molecule has 1 aliphatic rings. The highest BCUT2D eigenvalue weighted by atomic mass is 19.4. The minimum atomic E-state index is -4.77. The van der Waals surface area contributed by atoms with E-state index in [-0.39, 0.29) is 29.8 Å². The number of amides is 1. The first-order chi connectivity index (χ1) is 11.5. The van der Waals surface area contributed by atoms with Gasteiger partial charge in [0.15, 0.2) is 11.5 Å². The van der Waals surface area contributed by atoms with Crippen LogP contribution in [0.3, 0.4) is 0 Å². The Hall–Kier alpha value is -2.64. The molecular formula is C17H16F3N3O2. The lowest BCUT2D eigenvalue weighted by Crippen LogP contribution is -2.29. The zero-order valence-electron chi connectivity index (χ0n) is 13.6. The monoisotopic (exact) mass is 351 g/mol. The summed E-state index contributed by atoms with van der Waals surface area (Å²) in [6.07, 6.45) is -4.54. The molecule has 0 spiro atoms. The molecule has 25 heavy (non-hydrogen) atoms. The summed E-state index contributed by atoms with van der Waals surface area (Å²) >= 11 is 0. The number of benzene rings is 1. The van der Waals surface area contributed by atoms with E-state index in [0.717, 1.165) is 4.68 Å². The third-order valence-electron chi connectivity index (χ3n) is 4.21. The van der Waals surface area contributed by atoms with Gasteiger partial charge >= 0.3 is 6.18 Å². The third-order valence-corrected chi connectivity index (χ3v) is 4.21. The molecule has 0 saturated heterocycles. The molecule has 132 valence electrons. The van der Waals surface area contributed by atoms with Crippen molar-refractivity contribution >= 4 is 11.7 Å². The van der Waals surface area contributed by atoms with Crippen LogP contribution >= 0.6 is 0 Å². The Labute approximate surface area is 141 Å². The van der Waals surface area contributed by atoms with Crippen molar-refractivity contribution in [3.63, 3.8) is 0 Å². The average molecular weight is 351 g/mol. The second-order valence-electron chi connectivity index (χ2n) is 6.90. The topological polar surface area (TPSA) is 78.0 Å². The number of alkyl halides is 3. The molecule has 8 heteroatoms. The van der Waals surface area contributed by atoms with E-state index in [2.05, 4.69) is 5.10 Å². The van der Waals surface area contributed by atoms with Gasteiger partial charge in [-0.25, -0.2) is 4.68 Å². The molecule has 1 heterocycles. The number of ketones is 1. The molecule has 3 rings (SSSR count). The number of aromatic nitrogens is 2. The van der Waals surface area contributed by atoms with Crippen molar-refractivity contribution in [2.24, 2.45) is 11.1 Å². The predicted octanol–water partition coefficient (Wildman–Crippen LogP) is 3.15. The van der Waals surface area contributed by atoms with E-state index in [1.54, 1.807) is 26.0 Å². The normalized spacial score (nSPS) is 16.6. The van der Waals surface area contributed by atoms with Gasteiger partial charge in [0.2, 0.25) is 0 Å². The number of fused-ring (bicyclic) bond motifs is 1. The largest absolute Gasteiger partial charge is 0.435 e. The first kappa shape index (κ1) is 17.2. The summed E-state index contributed by atoms with van der Waals surface area (Å²) in [6.45, 7) is 3.61. The van der Waals surface area contributed by atoms with Crippen molar-refractivity contribution < 1.29 is 22.8 Å². The highest BCUT2D eigenvalue weighted by molar-refractivity contribution is 6.01. The van der Waals surface area contributed by atoms with E-state index < -0.39 is 34.5 Å². The summed E-state index contributed by atoms with van der Waals surface area (Å²) in [5, 5.41) is 3.66. The number of para-hydroxylation sites is 1. The highest BCUT2D eigenvalue weighted by Gasteiger charge is 2.45. The molecule has 0 aliphatic heterocycles. The van der Waals surface area contributed by atoms with Crippen LogP contribution in [0.1, 0.15) is 52.4 Å². The number of hydrogen-bond acceptors (Lipinski definition) is 3. The van der Waals surface area contributed by atoms with E-state index in [9.17, 15) is 22.8 Å². The molecule has 1 amide bonds. The van der Waals surface area contributed by atoms with Gasteiger partial charge in [-0.2, -0.15) is 18.3 Å². The quantitative estimate of drug-likeness (QED) is 0.903. The van der Waals surface area contributed by atoms with Gasteiger partial charge in [-0.3, -0.25) is 9.59 Å². The number of hydrogen-bond donors (Lipinski definition) is 1. The zero-order valence-corrected chi connectivity index (χ0v) is 13.6. The van der Waals surface area contributed by atoms with Crippen LogP contribution in [0.25, 0.3) is 5.69 Å². The van der Waals surface area contributed by atoms with Gasteiger partial charge < -0.3 is 5.73 Å². The SMILES string of the molecule is CC1(C)CC(=O)c2c(C(F)(F)F)nn(-c3ccccc3C(N)=O)c2C1. The van der Waals surface area contributed by atoms with Gasteiger partial charge in [0.25, 0.3) is 5.91 Å². The van der Waals surface area contributed by atoms with Crippen LogP contribution in [0.5, 0.6) is 0 Å². The zero-order chi connectivity index (χ0) is 18.6. The fourth-order valence-electron chi connectivity index (χ4n) is 3.21. The first-order valence-corrected chi connectivity index (χ1v) is 7.63. The van der Waals surface area contributed by atoms with E-state index >= 15 is 0 Å². The Kier molecular flexibility index (Phi) is 3.74. The minimum absolute atomic E-state index is 0.00619. The van der Waals surface area contributed by atoms with Gasteiger partial charge in [0.1, 0.15) is 0 Å². The van der Waals surface area contributed by atoms with Crippen LogP contribution in [-0.2, 0) is 12.6 Å². The molecule has 2 N–H and O–H groups in total. The van der Waals surface area contributed by atoms with Crippen molar-refractivity contribution in [2.45, 2.75) is 32.9 Å². The van der Waals surface area contributed by atoms with Crippen LogP contribution in [0.4, 0.5) is 13.2 Å². The Bertz CT molecular complexity index is 882. The molecule has 1 aromatic carbocycles. The fourth-order valence-corrected chi connectivity index (χ4v) is 3.21. The van der Waals surface area contributed by atoms with Crippen molar-refractivity contribution in [1.29, 1.82) is 0 Å². The summed E-state index contributed by atoms with van der Waals surface area (Å²) in [5.41, 5.74) is 3.52. The van der Waals surface area contributed by atoms with Crippen LogP contribution in [0.15, 0.2) is 24.3 Å². The number of nitrogens with zero attached hydrogens (tertiary/aromatic N) is 2. The lowest BCUT2D eigenvalue weighted by molar-refractivity contribution is -0.141. The summed E-state index contributed by atoms with van der Waals surface area (Å²) in [6, 6.07) is 5.99. The van der Waals surface area contributed by atoms with Crippen molar-refractivity contribution in [3.8, 4) is 5.69 Å². The number of rotatable bonds is 2. The van der Waals surface area contributed by atoms with E-state index in [1.165, 1.54) is 12.1 Å². The van der Waals surface area contributed by atoms with E-state index in [4.69, 9.17) is 5.73 Å². The smallest absolute Gasteiger partial charge is 0.366 e. The molecule has 0 saturated carbocycles. The molecule has 0 bridgehead atoms. The van der Waals surface area contributed by atoms with Crippen LogP contribution < -0.4 is 5.73 Å². The lowest BCUT2D eigenvalue weighted by Gasteiger charge is -2.29. The number of carbonyl (C=O) groups excluding carboxylic acids is 2. The minimum Gasteiger partial charge on any atom is -0.366 e. The summed E-state index contributed by atoms with van der Waals surface area (Å²) in [5.74, 6) is -1.38. The van der Waals surface area contributed by atoms with Crippen LogP contribution in [0, 0.1) is 5.41 Å². The molecule has 5 nitrogen and oxygen atoms in total. The Balaban J connectivity index is 2.34. The third kappa shape index (κ3) is 2.92. The number of carbonyl (C=O) groups is 2. The van der Waals surface area contributed by atoms with Gasteiger partial charge in [-0.1, -0.05) is 26.0 Å². The van der Waals surface area contributed by atoms with Crippen LogP contribution in [0.2, 0.25) is 0 Å². The van der Waals surface area contributed by atoms with Gasteiger partial charge in [0, 0.05) is 6.42 Å². The standard InChI is InChI=1S/C17H16F3N3O2/c1-16(2)7-11-13(12(24)8-16)14(17(18,19)20)22-23(11)10-6-4-3-5-9(10)15(21)25/h3-6H,7-8H2,1-2H3,(H2,21,25). The maximum atomic E-state index is 13.4. The highest BCUT2D eigenvalue weighted by Crippen LogP contribution is 2.41. The maximum absolute atomic E-state index is 13.4. The summed E-state index contributed by atoms with van der Waals surface area (Å²) < 4.78 is 41.3. The predicted molar refractivity (Wildman–Crippen MR) is 83.5 cm³/mol. The first-order valence-electron chi connectivity index (χ1n) is 7.63. The maximum Gasteiger partial charge on any atom is 0.435 e. The molecule has 0 radical (unpaired) electrons. The summed E-state index contributed by atoms with van der Waals surface area (Å²) in [7, 11) is 0. The molecule has 1 aliphatic carbocycles. The molecule has 0 fully saturated rings. The second-order valence-corrected chi connectivity index (χ2v) is 6.90. The van der Waals surface area contributed by atoms with Crippen molar-refractivity contribution in [2.75, 3.05) is 0 Å². The summed E-state index contributed by atoms with van der Waals surface area (Å²) in [4.78, 5) is 24.0. The number of halogens is 3. The van der Waals surface area contributed by atoms with E-state index in [0.29, 0.717) is 0 Å². The Morgan fingerprint density at radius 2 is 1.88 bits per heavy atom. The second kappa shape index (κ2) is 5.44. The fraction of sp³-hybridized carbons (Fsp3) is 0.353. The molecule has 0 atom stereocenters. The number of nitrogens with two attached hydrogens (primary N) is 1. The van der Waals surface area contributed by atoms with Gasteiger partial charge in [-0.05, 0) is 24.0 Å². The Morgan fingerprint density at radius 3 is 2.48 bits per heavy atom. The lowest BCUT2D eigenvalue weighted by atomic mass is 9.75. The molecular weight excluding hydrogens is 335 g/mol. The van der Waals surface area contributed by atoms with Gasteiger partial charge in [0.05, 0.1) is 22.5 Å². The number of primary amides is 1. The van der Waals surface area contributed by atoms with Crippen molar-refractivity contribution in [1.82, 2.24) is 9.78 Å². The molecule has 0 unspecified atom stereocenters. The van der Waals surface area contributed by atoms with Crippen molar-refractivity contribution in [3.05, 3.63) is 46.8 Å². The number of Topliss-reactive ketones (excluding diaryl/α,β-unsaturated/α-hetero) is 1. The average Bonchev–Trinajstić information content (AvgIpc) is 2.85. The molecule has 2 aromatic rings.